The number of phenols is 2. The Labute approximate surface area is 245 Å². The highest BCUT2D eigenvalue weighted by Crippen LogP contribution is 2.45. The van der Waals surface area contributed by atoms with Gasteiger partial charge in [-0.2, -0.15) is 0 Å². The average Bonchev–Trinajstić information content (AvgIpc) is 2.92. The van der Waals surface area contributed by atoms with Crippen LogP contribution in [0.4, 0.5) is 11.4 Å². The Balaban J connectivity index is 1.57. The highest BCUT2D eigenvalue weighted by atomic mass is 33.1. The Morgan fingerprint density at radius 2 is 0.950 bits per heavy atom. The second kappa shape index (κ2) is 13.2. The number of para-hydroxylation sites is 2. The molecule has 4 nitrogen and oxygen atoms in total. The predicted molar refractivity (Wildman–Crippen MR) is 173 cm³/mol. The molecule has 0 aromatic heterocycles. The molecule has 6 heteroatoms. The highest BCUT2D eigenvalue weighted by Gasteiger charge is 2.14. The van der Waals surface area contributed by atoms with E-state index >= 15 is 0 Å². The van der Waals surface area contributed by atoms with Crippen LogP contribution >= 0.6 is 21.6 Å². The van der Waals surface area contributed by atoms with Gasteiger partial charge in [0.05, 0.1) is 11.4 Å². The summed E-state index contributed by atoms with van der Waals surface area (Å²) in [6.45, 7) is 12.3. The van der Waals surface area contributed by atoms with Crippen molar-refractivity contribution in [2.75, 3.05) is 0 Å². The van der Waals surface area contributed by atoms with Gasteiger partial charge in [-0.1, -0.05) is 97.8 Å². The summed E-state index contributed by atoms with van der Waals surface area (Å²) in [5.74, 6) is 1.04. The molecular weight excluding hydrogens is 533 g/mol. The zero-order valence-corrected chi connectivity index (χ0v) is 25.5. The predicted octanol–water partition coefficient (Wildman–Crippen LogP) is 10.3. The van der Waals surface area contributed by atoms with Crippen LogP contribution in [0.3, 0.4) is 0 Å². The zero-order valence-electron chi connectivity index (χ0n) is 23.8. The Hall–Kier alpha value is -3.48. The maximum atomic E-state index is 10.8. The first-order chi connectivity index (χ1) is 19.2. The lowest BCUT2D eigenvalue weighted by atomic mass is 9.96. The number of benzene rings is 4. The van der Waals surface area contributed by atoms with Crippen LogP contribution in [0.5, 0.6) is 11.5 Å². The van der Waals surface area contributed by atoms with Crippen LogP contribution in [0.1, 0.15) is 72.9 Å². The molecule has 0 aliphatic rings. The van der Waals surface area contributed by atoms with Gasteiger partial charge in [0.15, 0.2) is 0 Å². The molecule has 4 rings (SSSR count). The van der Waals surface area contributed by atoms with Crippen molar-refractivity contribution in [2.45, 2.75) is 63.2 Å². The SMILES string of the molecule is Cc1ccc(C(C)C)c(O)c1C=Nc1ccccc1SSc1ccccc1N=Cc1c(C)ccc(C(C)C)c1O. The number of hydrogen-bond donors (Lipinski definition) is 2. The average molecular weight is 569 g/mol. The van der Waals surface area contributed by atoms with Crippen LogP contribution in [-0.4, -0.2) is 22.6 Å². The van der Waals surface area contributed by atoms with Gasteiger partial charge in [0, 0.05) is 33.3 Å². The Kier molecular flexibility index (Phi) is 9.77. The van der Waals surface area contributed by atoms with Gasteiger partial charge in [-0.15, -0.1) is 0 Å². The van der Waals surface area contributed by atoms with Crippen LogP contribution in [0.15, 0.2) is 92.6 Å². The lowest BCUT2D eigenvalue weighted by molar-refractivity contribution is 0.463. The van der Waals surface area contributed by atoms with Crippen LogP contribution in [0.25, 0.3) is 0 Å². The van der Waals surface area contributed by atoms with Gasteiger partial charge >= 0.3 is 0 Å². The molecule has 0 aliphatic carbocycles. The summed E-state index contributed by atoms with van der Waals surface area (Å²) in [5.41, 5.74) is 6.97. The zero-order chi connectivity index (χ0) is 28.8. The van der Waals surface area contributed by atoms with Crippen molar-refractivity contribution in [3.8, 4) is 11.5 Å². The van der Waals surface area contributed by atoms with E-state index in [1.165, 1.54) is 0 Å². The number of nitrogens with zero attached hydrogens (tertiary/aromatic N) is 2. The normalized spacial score (nSPS) is 11.9. The summed E-state index contributed by atoms with van der Waals surface area (Å²) >= 11 is 0. The Morgan fingerprint density at radius 3 is 1.32 bits per heavy atom. The van der Waals surface area contributed by atoms with E-state index in [0.29, 0.717) is 11.5 Å². The number of aryl methyl sites for hydroxylation is 2. The van der Waals surface area contributed by atoms with Crippen molar-refractivity contribution < 1.29 is 10.2 Å². The maximum absolute atomic E-state index is 10.8. The van der Waals surface area contributed by atoms with Crippen molar-refractivity contribution in [2.24, 2.45) is 9.98 Å². The standard InChI is InChI=1S/C34H36N2O2S2/c1-21(2)25-17-15-23(5)27(33(25)37)19-35-29-11-7-9-13-31(29)39-40-32-14-10-8-12-30(32)36-20-28-24(6)16-18-26(22(3)4)34(28)38/h7-22,37-38H,1-6H3. The van der Waals surface area contributed by atoms with Crippen molar-refractivity contribution in [1.29, 1.82) is 0 Å². The van der Waals surface area contributed by atoms with Crippen LogP contribution in [-0.2, 0) is 0 Å². The second-order valence-electron chi connectivity index (χ2n) is 10.4. The summed E-state index contributed by atoms with van der Waals surface area (Å²) < 4.78 is 0. The van der Waals surface area contributed by atoms with Crippen molar-refractivity contribution in [3.05, 3.63) is 106 Å². The summed E-state index contributed by atoms with van der Waals surface area (Å²) in [6, 6.07) is 24.0. The molecule has 0 atom stereocenters. The van der Waals surface area contributed by atoms with E-state index in [1.54, 1.807) is 34.0 Å². The minimum atomic E-state index is 0.224. The molecule has 0 bridgehead atoms. The molecule has 0 heterocycles. The van der Waals surface area contributed by atoms with Crippen molar-refractivity contribution in [3.63, 3.8) is 0 Å². The van der Waals surface area contributed by atoms with Crippen molar-refractivity contribution >= 4 is 45.4 Å². The van der Waals surface area contributed by atoms with Gasteiger partial charge in [0.1, 0.15) is 11.5 Å². The molecule has 0 saturated heterocycles. The molecule has 0 saturated carbocycles. The largest absolute Gasteiger partial charge is 0.507 e. The molecule has 206 valence electrons. The second-order valence-corrected chi connectivity index (χ2v) is 12.6. The molecule has 0 fully saturated rings. The number of phenolic OH excluding ortho intramolecular Hbond substituents is 2. The van der Waals surface area contributed by atoms with E-state index < -0.39 is 0 Å². The third kappa shape index (κ3) is 6.80. The highest BCUT2D eigenvalue weighted by molar-refractivity contribution is 8.76. The number of hydrogen-bond acceptors (Lipinski definition) is 6. The Morgan fingerprint density at radius 1 is 0.575 bits per heavy atom. The topological polar surface area (TPSA) is 65.2 Å². The fourth-order valence-electron chi connectivity index (χ4n) is 4.34. The minimum absolute atomic E-state index is 0.224. The quantitative estimate of drug-likeness (QED) is 0.156. The minimum Gasteiger partial charge on any atom is -0.507 e. The molecule has 0 unspecified atom stereocenters. The molecule has 2 N–H and O–H groups in total. The molecule has 0 radical (unpaired) electrons. The first-order valence-electron chi connectivity index (χ1n) is 13.4. The van der Waals surface area contributed by atoms with E-state index in [9.17, 15) is 10.2 Å². The molecular formula is C34H36N2O2S2. The van der Waals surface area contributed by atoms with E-state index in [0.717, 1.165) is 54.5 Å². The number of aromatic hydroxyl groups is 2. The summed E-state index contributed by atoms with van der Waals surface area (Å²) in [4.78, 5) is 11.6. The lowest BCUT2D eigenvalue weighted by Crippen LogP contribution is -1.95. The lowest BCUT2D eigenvalue weighted by Gasteiger charge is -2.13. The summed E-state index contributed by atoms with van der Waals surface area (Å²) in [7, 11) is 3.23. The third-order valence-electron chi connectivity index (χ3n) is 6.79. The van der Waals surface area contributed by atoms with Gasteiger partial charge in [0.2, 0.25) is 0 Å². The van der Waals surface area contributed by atoms with Crippen LogP contribution < -0.4 is 0 Å². The molecule has 0 amide bonds. The first-order valence-corrected chi connectivity index (χ1v) is 15.6. The molecule has 40 heavy (non-hydrogen) atoms. The van der Waals surface area contributed by atoms with E-state index in [-0.39, 0.29) is 11.8 Å². The fraction of sp³-hybridized carbons (Fsp3) is 0.235. The summed E-state index contributed by atoms with van der Waals surface area (Å²) in [5, 5.41) is 21.7. The molecule has 0 spiro atoms. The van der Waals surface area contributed by atoms with Gasteiger partial charge in [-0.3, -0.25) is 9.98 Å². The van der Waals surface area contributed by atoms with Crippen LogP contribution in [0, 0.1) is 13.8 Å². The van der Waals surface area contributed by atoms with Gasteiger partial charge in [-0.25, -0.2) is 0 Å². The van der Waals surface area contributed by atoms with Gasteiger partial charge in [-0.05, 0) is 72.2 Å². The molecule has 4 aromatic rings. The van der Waals surface area contributed by atoms with Gasteiger partial charge in [0.25, 0.3) is 0 Å². The first kappa shape index (κ1) is 29.5. The molecule has 4 aromatic carbocycles. The summed E-state index contributed by atoms with van der Waals surface area (Å²) in [6.07, 6.45) is 3.53. The van der Waals surface area contributed by atoms with E-state index in [2.05, 4.69) is 27.7 Å². The van der Waals surface area contributed by atoms with E-state index in [1.807, 2.05) is 86.6 Å². The Bertz CT molecular complexity index is 1440. The van der Waals surface area contributed by atoms with E-state index in [4.69, 9.17) is 9.98 Å². The van der Waals surface area contributed by atoms with Crippen molar-refractivity contribution in [1.82, 2.24) is 0 Å². The van der Waals surface area contributed by atoms with Gasteiger partial charge < -0.3 is 10.2 Å². The third-order valence-corrected chi connectivity index (χ3v) is 9.25. The fourth-order valence-corrected chi connectivity index (χ4v) is 6.58. The molecule has 0 aliphatic heterocycles. The monoisotopic (exact) mass is 568 g/mol. The smallest absolute Gasteiger partial charge is 0.128 e. The maximum Gasteiger partial charge on any atom is 0.128 e. The number of rotatable bonds is 9. The number of aliphatic imine (C=N–C) groups is 2. The van der Waals surface area contributed by atoms with Crippen LogP contribution in [0.2, 0.25) is 0 Å².